The summed E-state index contributed by atoms with van der Waals surface area (Å²) >= 11 is 8.86. The average Bonchev–Trinajstić information content (AvgIpc) is 3.20. The van der Waals surface area contributed by atoms with Gasteiger partial charge in [0.15, 0.2) is 11.5 Å². The molecule has 4 rings (SSSR count). The average molecular weight is 693 g/mol. The number of nitrogens with zero attached hydrogens (tertiary/aromatic N) is 1. The Bertz CT molecular complexity index is 1510. The van der Waals surface area contributed by atoms with Gasteiger partial charge in [-0.25, -0.2) is 4.79 Å². The molecule has 1 aliphatic heterocycles. The van der Waals surface area contributed by atoms with Crippen molar-refractivity contribution in [1.82, 2.24) is 4.90 Å². The third-order valence-corrected chi connectivity index (χ3v) is 7.64. The second kappa shape index (κ2) is 13.2. The van der Waals surface area contributed by atoms with Crippen molar-refractivity contribution < 1.29 is 33.4 Å². The van der Waals surface area contributed by atoms with Crippen LogP contribution >= 0.6 is 46.0 Å². The number of carbonyl (C=O) groups excluding carboxylic acids is 4. The van der Waals surface area contributed by atoms with E-state index < -0.39 is 29.6 Å². The van der Waals surface area contributed by atoms with E-state index in [1.165, 1.54) is 32.4 Å². The van der Waals surface area contributed by atoms with Gasteiger partial charge in [-0.2, -0.15) is 0 Å². The zero-order valence-electron chi connectivity index (χ0n) is 21.2. The Morgan fingerprint density at radius 3 is 2.52 bits per heavy atom. The molecule has 0 bridgehead atoms. The van der Waals surface area contributed by atoms with Crippen molar-refractivity contribution in [2.45, 2.75) is 6.61 Å². The lowest BCUT2D eigenvalue weighted by Crippen LogP contribution is -2.36. The molecule has 0 radical (unpaired) electrons. The van der Waals surface area contributed by atoms with Crippen molar-refractivity contribution in [3.63, 3.8) is 0 Å². The second-order valence-corrected chi connectivity index (χ2v) is 10.9. The van der Waals surface area contributed by atoms with Crippen molar-refractivity contribution >= 4 is 80.7 Å². The number of carbonyl (C=O) groups is 4. The molecule has 0 unspecified atom stereocenters. The molecule has 1 fully saturated rings. The van der Waals surface area contributed by atoms with Gasteiger partial charge in [0.25, 0.3) is 11.1 Å². The molecule has 0 saturated carbocycles. The maximum atomic E-state index is 13.0. The van der Waals surface area contributed by atoms with Crippen LogP contribution in [0.1, 0.15) is 21.5 Å². The molecule has 3 aromatic rings. The van der Waals surface area contributed by atoms with E-state index in [-0.39, 0.29) is 21.2 Å². The molecule has 9 nitrogen and oxygen atoms in total. The van der Waals surface area contributed by atoms with Crippen molar-refractivity contribution in [2.75, 3.05) is 26.1 Å². The van der Waals surface area contributed by atoms with E-state index in [0.29, 0.717) is 23.7 Å². The molecule has 12 heteroatoms. The summed E-state index contributed by atoms with van der Waals surface area (Å²) in [4.78, 5) is 51.1. The van der Waals surface area contributed by atoms with Crippen LogP contribution in [-0.2, 0) is 20.9 Å². The van der Waals surface area contributed by atoms with Gasteiger partial charge in [-0.05, 0) is 81.9 Å². The first-order chi connectivity index (χ1) is 19.2. The fourth-order valence-electron chi connectivity index (χ4n) is 3.69. The fourth-order valence-corrected chi connectivity index (χ4v) is 5.51. The number of ether oxygens (including phenoxy) is 3. The molecule has 3 amide bonds. The van der Waals surface area contributed by atoms with Crippen molar-refractivity contribution in [2.24, 2.45) is 0 Å². The minimum Gasteiger partial charge on any atom is -0.493 e. The van der Waals surface area contributed by atoms with Crippen molar-refractivity contribution in [3.05, 3.63) is 90.9 Å². The quantitative estimate of drug-likeness (QED) is 0.165. The molecule has 1 N–H and O–H groups in total. The number of hydrogen-bond donors (Lipinski definition) is 1. The van der Waals surface area contributed by atoms with Gasteiger partial charge in [-0.15, -0.1) is 0 Å². The number of esters is 1. The summed E-state index contributed by atoms with van der Waals surface area (Å²) in [7, 11) is 2.73. The standard InChI is InChI=1S/C28H22ClIN2O7S/c1-37-22-11-17(10-21(30)25(22)39-15-16-6-4-3-5-7-16)12-23-26(34)32(28(36)40-23)14-24(33)31-18-8-9-20(29)19(13-18)27(35)38-2/h3-13H,14-15H2,1-2H3,(H,31,33)/b23-12+. The molecule has 1 saturated heterocycles. The van der Waals surface area contributed by atoms with Crippen LogP contribution in [0.25, 0.3) is 6.08 Å². The highest BCUT2D eigenvalue weighted by Gasteiger charge is 2.36. The monoisotopic (exact) mass is 692 g/mol. The lowest BCUT2D eigenvalue weighted by Gasteiger charge is -2.14. The van der Waals surface area contributed by atoms with Crippen LogP contribution in [0, 0.1) is 3.57 Å². The highest BCUT2D eigenvalue weighted by atomic mass is 127. The number of amides is 3. The van der Waals surface area contributed by atoms with Gasteiger partial charge in [0.1, 0.15) is 13.2 Å². The number of halogens is 2. The van der Waals surface area contributed by atoms with Crippen LogP contribution in [0.4, 0.5) is 10.5 Å². The first-order valence-electron chi connectivity index (χ1n) is 11.7. The third kappa shape index (κ3) is 6.95. The molecule has 0 aliphatic carbocycles. The number of imide groups is 1. The van der Waals surface area contributed by atoms with Gasteiger partial charge in [0, 0.05) is 5.69 Å². The Hall–Kier alpha value is -3.55. The van der Waals surface area contributed by atoms with E-state index in [0.717, 1.165) is 25.8 Å². The van der Waals surface area contributed by atoms with Crippen LogP contribution in [-0.4, -0.2) is 48.7 Å². The highest BCUT2D eigenvalue weighted by Crippen LogP contribution is 2.37. The number of hydrogen-bond acceptors (Lipinski definition) is 8. The van der Waals surface area contributed by atoms with Crippen LogP contribution in [0.3, 0.4) is 0 Å². The third-order valence-electron chi connectivity index (χ3n) is 5.61. The molecule has 0 atom stereocenters. The summed E-state index contributed by atoms with van der Waals surface area (Å²) in [6, 6.07) is 17.5. The molecule has 1 aliphatic rings. The largest absolute Gasteiger partial charge is 0.493 e. The Labute approximate surface area is 252 Å². The number of nitrogens with one attached hydrogen (secondary N) is 1. The summed E-state index contributed by atoms with van der Waals surface area (Å²) in [5, 5.41) is 2.14. The Morgan fingerprint density at radius 2 is 1.82 bits per heavy atom. The molecule has 1 heterocycles. The zero-order valence-corrected chi connectivity index (χ0v) is 25.0. The van der Waals surface area contributed by atoms with E-state index in [4.69, 9.17) is 21.1 Å². The highest BCUT2D eigenvalue weighted by molar-refractivity contribution is 14.1. The number of methoxy groups -OCH3 is 2. The minimum absolute atomic E-state index is 0.0672. The van der Waals surface area contributed by atoms with Gasteiger partial charge in [0.2, 0.25) is 5.91 Å². The predicted octanol–water partition coefficient (Wildman–Crippen LogP) is 5.99. The number of anilines is 1. The van der Waals surface area contributed by atoms with E-state index in [9.17, 15) is 19.2 Å². The first kappa shape index (κ1) is 29.4. The normalized spacial score (nSPS) is 13.9. The van der Waals surface area contributed by atoms with Crippen molar-refractivity contribution in [3.8, 4) is 11.5 Å². The summed E-state index contributed by atoms with van der Waals surface area (Å²) in [5.74, 6) is -0.861. The van der Waals surface area contributed by atoms with Gasteiger partial charge >= 0.3 is 5.97 Å². The molecule has 40 heavy (non-hydrogen) atoms. The lowest BCUT2D eigenvalue weighted by molar-refractivity contribution is -0.127. The van der Waals surface area contributed by atoms with Crippen LogP contribution in [0.15, 0.2) is 65.6 Å². The second-order valence-electron chi connectivity index (χ2n) is 8.31. The van der Waals surface area contributed by atoms with Gasteiger partial charge < -0.3 is 19.5 Å². The zero-order chi connectivity index (χ0) is 28.8. The maximum absolute atomic E-state index is 13.0. The minimum atomic E-state index is -0.667. The number of thioether (sulfide) groups is 1. The van der Waals surface area contributed by atoms with E-state index >= 15 is 0 Å². The SMILES string of the molecule is COC(=O)c1cc(NC(=O)CN2C(=O)S/C(=C/c3cc(I)c(OCc4ccccc4)c(OC)c3)C2=O)ccc1Cl. The maximum Gasteiger partial charge on any atom is 0.339 e. The van der Waals surface area contributed by atoms with Gasteiger partial charge in [0.05, 0.1) is 33.3 Å². The summed E-state index contributed by atoms with van der Waals surface area (Å²) in [6.45, 7) is -0.154. The molecular weight excluding hydrogens is 671 g/mol. The summed E-state index contributed by atoms with van der Waals surface area (Å²) in [6.07, 6.45) is 1.57. The number of rotatable bonds is 9. The van der Waals surface area contributed by atoms with Crippen LogP contribution in [0.5, 0.6) is 11.5 Å². The lowest BCUT2D eigenvalue weighted by atomic mass is 10.1. The molecular formula is C28H22ClIN2O7S. The van der Waals surface area contributed by atoms with E-state index in [1.807, 2.05) is 36.4 Å². The van der Waals surface area contributed by atoms with Crippen LogP contribution in [0.2, 0.25) is 5.02 Å². The van der Waals surface area contributed by atoms with E-state index in [2.05, 4.69) is 32.6 Å². The number of benzene rings is 3. The topological polar surface area (TPSA) is 111 Å². The summed E-state index contributed by atoms with van der Waals surface area (Å²) in [5.41, 5.74) is 1.95. The Morgan fingerprint density at radius 1 is 1.07 bits per heavy atom. The van der Waals surface area contributed by atoms with Gasteiger partial charge in [-0.1, -0.05) is 41.9 Å². The summed E-state index contributed by atoms with van der Waals surface area (Å²) < 4.78 is 16.9. The predicted molar refractivity (Wildman–Crippen MR) is 161 cm³/mol. The fraction of sp³-hybridized carbons (Fsp3) is 0.143. The molecule has 3 aromatic carbocycles. The smallest absolute Gasteiger partial charge is 0.339 e. The van der Waals surface area contributed by atoms with Gasteiger partial charge in [-0.3, -0.25) is 19.3 Å². The molecule has 0 aromatic heterocycles. The Balaban J connectivity index is 1.46. The molecule has 0 spiro atoms. The van der Waals surface area contributed by atoms with E-state index in [1.54, 1.807) is 12.1 Å². The Kier molecular flexibility index (Phi) is 9.71. The van der Waals surface area contributed by atoms with Crippen molar-refractivity contribution in [1.29, 1.82) is 0 Å². The first-order valence-corrected chi connectivity index (χ1v) is 13.9. The molecule has 206 valence electrons. The van der Waals surface area contributed by atoms with Crippen LogP contribution < -0.4 is 14.8 Å².